The van der Waals surface area contributed by atoms with Crippen LogP contribution in [-0.2, 0) is 4.74 Å². The summed E-state index contributed by atoms with van der Waals surface area (Å²) >= 11 is 0. The second kappa shape index (κ2) is 12.3. The molecule has 0 aromatic rings. The normalized spacial score (nSPS) is 10.1. The van der Waals surface area contributed by atoms with Gasteiger partial charge in [0.2, 0.25) is 0 Å². The molecule has 0 bridgehead atoms. The van der Waals surface area contributed by atoms with E-state index in [0.717, 1.165) is 13.1 Å². The Morgan fingerprint density at radius 2 is 1.81 bits per heavy atom. The predicted molar refractivity (Wildman–Crippen MR) is 65.7 cm³/mol. The minimum absolute atomic E-state index is 0.132. The van der Waals surface area contributed by atoms with Crippen LogP contribution in [0.4, 0.5) is 4.79 Å². The maximum atomic E-state index is 11.0. The van der Waals surface area contributed by atoms with Crippen LogP contribution in [-0.4, -0.2) is 45.4 Å². The van der Waals surface area contributed by atoms with Crippen LogP contribution in [0.2, 0.25) is 0 Å². The van der Waals surface area contributed by atoms with Gasteiger partial charge in [-0.05, 0) is 19.9 Å². The molecule has 0 atom stereocenters. The highest BCUT2D eigenvalue weighted by atomic mass is 16.5. The van der Waals surface area contributed by atoms with Crippen molar-refractivity contribution < 1.29 is 9.53 Å². The number of hydrogen-bond donors (Lipinski definition) is 3. The summed E-state index contributed by atoms with van der Waals surface area (Å²) in [5, 5.41) is 8.63. The van der Waals surface area contributed by atoms with Crippen LogP contribution in [0.25, 0.3) is 0 Å². The lowest BCUT2D eigenvalue weighted by Gasteiger charge is -2.07. The van der Waals surface area contributed by atoms with E-state index in [0.29, 0.717) is 26.3 Å². The Balaban J connectivity index is 3.01. The van der Waals surface area contributed by atoms with Gasteiger partial charge < -0.3 is 20.7 Å². The Labute approximate surface area is 98.3 Å². The molecule has 5 heteroatoms. The molecule has 0 aliphatic carbocycles. The first-order valence-corrected chi connectivity index (χ1v) is 6.11. The molecule has 2 amide bonds. The van der Waals surface area contributed by atoms with E-state index in [9.17, 15) is 4.79 Å². The SMILES string of the molecule is CCCCNCCOCCNC(=O)NCC. The smallest absolute Gasteiger partial charge is 0.314 e. The fourth-order valence-electron chi connectivity index (χ4n) is 1.13. The van der Waals surface area contributed by atoms with Gasteiger partial charge in [-0.2, -0.15) is 0 Å². The van der Waals surface area contributed by atoms with Crippen molar-refractivity contribution in [3.63, 3.8) is 0 Å². The number of urea groups is 1. The molecule has 0 rings (SSSR count). The summed E-state index contributed by atoms with van der Waals surface area (Å²) in [5.41, 5.74) is 0. The van der Waals surface area contributed by atoms with Crippen molar-refractivity contribution in [2.45, 2.75) is 26.7 Å². The molecule has 0 aromatic carbocycles. The number of nitrogens with one attached hydrogen (secondary N) is 3. The quantitative estimate of drug-likeness (QED) is 0.485. The van der Waals surface area contributed by atoms with Gasteiger partial charge in [0.05, 0.1) is 13.2 Å². The molecule has 96 valence electrons. The second-order valence-electron chi connectivity index (χ2n) is 3.50. The Morgan fingerprint density at radius 3 is 2.50 bits per heavy atom. The Hall–Kier alpha value is -0.810. The minimum atomic E-state index is -0.132. The number of hydrogen-bond acceptors (Lipinski definition) is 3. The van der Waals surface area contributed by atoms with Gasteiger partial charge in [-0.1, -0.05) is 13.3 Å². The van der Waals surface area contributed by atoms with Crippen LogP contribution >= 0.6 is 0 Å². The predicted octanol–water partition coefficient (Wildman–Crippen LogP) is 0.712. The first kappa shape index (κ1) is 15.2. The van der Waals surface area contributed by atoms with Crippen molar-refractivity contribution in [1.29, 1.82) is 0 Å². The molecule has 16 heavy (non-hydrogen) atoms. The zero-order valence-corrected chi connectivity index (χ0v) is 10.5. The van der Waals surface area contributed by atoms with Crippen molar-refractivity contribution in [2.24, 2.45) is 0 Å². The molecule has 5 nitrogen and oxygen atoms in total. The number of unbranched alkanes of at least 4 members (excludes halogenated alkanes) is 1. The zero-order valence-electron chi connectivity index (χ0n) is 10.5. The summed E-state index contributed by atoms with van der Waals surface area (Å²) in [7, 11) is 0. The highest BCUT2D eigenvalue weighted by molar-refractivity contribution is 5.73. The van der Waals surface area contributed by atoms with E-state index in [1.54, 1.807) is 0 Å². The molecule has 0 spiro atoms. The van der Waals surface area contributed by atoms with Crippen LogP contribution in [0.1, 0.15) is 26.7 Å². The Morgan fingerprint density at radius 1 is 1.06 bits per heavy atom. The maximum Gasteiger partial charge on any atom is 0.314 e. The Bertz CT molecular complexity index is 165. The first-order chi connectivity index (χ1) is 7.81. The first-order valence-electron chi connectivity index (χ1n) is 6.11. The van der Waals surface area contributed by atoms with E-state index in [1.807, 2.05) is 6.92 Å². The molecular formula is C11H25N3O2. The van der Waals surface area contributed by atoms with Crippen LogP contribution in [0, 0.1) is 0 Å². The number of ether oxygens (including phenoxy) is 1. The summed E-state index contributed by atoms with van der Waals surface area (Å²) in [6.07, 6.45) is 2.42. The lowest BCUT2D eigenvalue weighted by Crippen LogP contribution is -2.37. The third-order valence-corrected chi connectivity index (χ3v) is 2.00. The molecule has 0 heterocycles. The van der Waals surface area contributed by atoms with Crippen molar-refractivity contribution >= 4 is 6.03 Å². The molecule has 0 unspecified atom stereocenters. The van der Waals surface area contributed by atoms with Gasteiger partial charge in [-0.15, -0.1) is 0 Å². The second-order valence-corrected chi connectivity index (χ2v) is 3.50. The van der Waals surface area contributed by atoms with Crippen molar-refractivity contribution in [2.75, 3.05) is 39.4 Å². The molecule has 0 saturated heterocycles. The van der Waals surface area contributed by atoms with Gasteiger partial charge in [0.1, 0.15) is 0 Å². The van der Waals surface area contributed by atoms with E-state index < -0.39 is 0 Å². The van der Waals surface area contributed by atoms with E-state index in [2.05, 4.69) is 22.9 Å². The van der Waals surface area contributed by atoms with E-state index in [-0.39, 0.29) is 6.03 Å². The van der Waals surface area contributed by atoms with Crippen LogP contribution in [0.15, 0.2) is 0 Å². The number of rotatable bonds is 10. The van der Waals surface area contributed by atoms with Gasteiger partial charge in [-0.25, -0.2) is 4.79 Å². The summed E-state index contributed by atoms with van der Waals surface area (Å²) < 4.78 is 5.34. The summed E-state index contributed by atoms with van der Waals surface area (Å²) in [5.74, 6) is 0. The minimum Gasteiger partial charge on any atom is -0.378 e. The number of carbonyl (C=O) groups is 1. The molecular weight excluding hydrogens is 206 g/mol. The van der Waals surface area contributed by atoms with Gasteiger partial charge >= 0.3 is 6.03 Å². The summed E-state index contributed by atoms with van der Waals surface area (Å²) in [4.78, 5) is 11.0. The monoisotopic (exact) mass is 231 g/mol. The zero-order chi connectivity index (χ0) is 12.1. The van der Waals surface area contributed by atoms with Crippen molar-refractivity contribution in [3.05, 3.63) is 0 Å². The standard InChI is InChI=1S/C11H25N3O2/c1-3-5-6-12-7-9-16-10-8-14-11(15)13-4-2/h12H,3-10H2,1-2H3,(H2,13,14,15). The molecule has 0 saturated carbocycles. The lowest BCUT2D eigenvalue weighted by atomic mass is 10.3. The van der Waals surface area contributed by atoms with E-state index >= 15 is 0 Å². The highest BCUT2D eigenvalue weighted by Gasteiger charge is 1.95. The van der Waals surface area contributed by atoms with Gasteiger partial charge in [0.25, 0.3) is 0 Å². The lowest BCUT2D eigenvalue weighted by molar-refractivity contribution is 0.138. The number of carbonyl (C=O) groups excluding carboxylic acids is 1. The molecule has 0 aliphatic heterocycles. The van der Waals surface area contributed by atoms with Crippen molar-refractivity contribution in [3.8, 4) is 0 Å². The highest BCUT2D eigenvalue weighted by Crippen LogP contribution is 1.81. The van der Waals surface area contributed by atoms with Crippen LogP contribution < -0.4 is 16.0 Å². The molecule has 0 aliphatic rings. The van der Waals surface area contributed by atoms with Crippen LogP contribution in [0.5, 0.6) is 0 Å². The average molecular weight is 231 g/mol. The number of amides is 2. The molecule has 3 N–H and O–H groups in total. The molecule has 0 aromatic heterocycles. The third-order valence-electron chi connectivity index (χ3n) is 2.00. The molecule has 0 fully saturated rings. The fraction of sp³-hybridized carbons (Fsp3) is 0.909. The topological polar surface area (TPSA) is 62.4 Å². The van der Waals surface area contributed by atoms with E-state index in [4.69, 9.17) is 4.74 Å². The van der Waals surface area contributed by atoms with Crippen molar-refractivity contribution in [1.82, 2.24) is 16.0 Å². The van der Waals surface area contributed by atoms with Gasteiger partial charge in [0.15, 0.2) is 0 Å². The maximum absolute atomic E-state index is 11.0. The largest absolute Gasteiger partial charge is 0.378 e. The molecule has 0 radical (unpaired) electrons. The Kier molecular flexibility index (Phi) is 11.6. The fourth-order valence-corrected chi connectivity index (χ4v) is 1.13. The van der Waals surface area contributed by atoms with E-state index in [1.165, 1.54) is 12.8 Å². The van der Waals surface area contributed by atoms with Gasteiger partial charge in [0, 0.05) is 19.6 Å². The summed E-state index contributed by atoms with van der Waals surface area (Å²) in [6, 6.07) is -0.132. The third kappa shape index (κ3) is 11.3. The summed E-state index contributed by atoms with van der Waals surface area (Å²) in [6.45, 7) is 8.45. The van der Waals surface area contributed by atoms with Crippen LogP contribution in [0.3, 0.4) is 0 Å². The van der Waals surface area contributed by atoms with Gasteiger partial charge in [-0.3, -0.25) is 0 Å². The average Bonchev–Trinajstić information content (AvgIpc) is 2.27.